The minimum atomic E-state index is -0.344. The van der Waals surface area contributed by atoms with Crippen molar-refractivity contribution in [1.29, 1.82) is 0 Å². The highest BCUT2D eigenvalue weighted by molar-refractivity contribution is 5.66. The average molecular weight is 191 g/mol. The molecular weight excluding hydrogens is 166 g/mol. The summed E-state index contributed by atoms with van der Waals surface area (Å²) in [4.78, 5) is 10.4. The molecule has 1 amide bonds. The smallest absolute Gasteiger partial charge is 0.406 e. The Bertz CT molecular complexity index is 85.0. The third-order valence-corrected chi connectivity index (χ3v) is 0.985. The normalized spacial score (nSPS) is 6.92. The molecule has 0 aromatic heterocycles. The van der Waals surface area contributed by atoms with Crippen LogP contribution in [0.2, 0.25) is 0 Å². The van der Waals surface area contributed by atoms with E-state index in [0.717, 1.165) is 12.8 Å². The second-order valence-electron chi connectivity index (χ2n) is 1.77. The summed E-state index contributed by atoms with van der Waals surface area (Å²) < 4.78 is 4.35. The summed E-state index contributed by atoms with van der Waals surface area (Å²) in [5, 5.41) is 2.57. The van der Waals surface area contributed by atoms with Crippen LogP contribution >= 0.6 is 0 Å². The highest BCUT2D eigenvalue weighted by atomic mass is 16.5. The lowest BCUT2D eigenvalue weighted by Crippen LogP contribution is -2.23. The van der Waals surface area contributed by atoms with Crippen LogP contribution in [0.25, 0.3) is 0 Å². The summed E-state index contributed by atoms with van der Waals surface area (Å²) in [6.45, 7) is 10.8. The van der Waals surface area contributed by atoms with E-state index >= 15 is 0 Å². The van der Waals surface area contributed by atoms with E-state index in [1.54, 1.807) is 0 Å². The summed E-state index contributed by atoms with van der Waals surface area (Å²) >= 11 is 0. The Kier molecular flexibility index (Phi) is 31.4. The minimum Gasteiger partial charge on any atom is -0.453 e. The number of hydrogen-bond donors (Lipinski definition) is 1. The fourth-order valence-corrected chi connectivity index (χ4v) is 0.439. The number of amides is 1. The lowest BCUT2D eigenvalue weighted by molar-refractivity contribution is 0.171. The molecule has 0 radical (unpaired) electrons. The van der Waals surface area contributed by atoms with E-state index in [4.69, 9.17) is 0 Å². The van der Waals surface area contributed by atoms with E-state index in [-0.39, 0.29) is 6.09 Å². The molecule has 0 unspecified atom stereocenters. The number of carbonyl (C=O) groups is 1. The minimum absolute atomic E-state index is 0.344. The van der Waals surface area contributed by atoms with Crippen molar-refractivity contribution in [2.75, 3.05) is 13.7 Å². The lowest BCUT2D eigenvalue weighted by atomic mass is 10.3. The maximum atomic E-state index is 10.4. The first-order valence-corrected chi connectivity index (χ1v) is 5.13. The van der Waals surface area contributed by atoms with Crippen molar-refractivity contribution in [3.8, 4) is 0 Å². The van der Waals surface area contributed by atoms with Gasteiger partial charge in [0.05, 0.1) is 7.11 Å². The molecule has 0 spiro atoms. The number of unbranched alkanes of at least 4 members (excludes halogenated alkanes) is 1. The Morgan fingerprint density at radius 2 is 1.69 bits per heavy atom. The Morgan fingerprint density at radius 1 is 1.23 bits per heavy atom. The van der Waals surface area contributed by atoms with Crippen molar-refractivity contribution in [2.45, 2.75) is 47.5 Å². The molecular formula is C10H25NO2. The maximum Gasteiger partial charge on any atom is 0.406 e. The van der Waals surface area contributed by atoms with Gasteiger partial charge in [0.1, 0.15) is 0 Å². The highest BCUT2D eigenvalue weighted by Gasteiger charge is 1.93. The molecule has 0 aliphatic rings. The molecule has 0 aliphatic carbocycles. The molecule has 0 saturated heterocycles. The SMILES string of the molecule is CC.CC.CCCCNC(=O)OC. The number of ether oxygens (including phenoxy) is 1. The van der Waals surface area contributed by atoms with Gasteiger partial charge in [-0.1, -0.05) is 41.0 Å². The van der Waals surface area contributed by atoms with Crippen molar-refractivity contribution >= 4 is 6.09 Å². The summed E-state index contributed by atoms with van der Waals surface area (Å²) in [6, 6.07) is 0. The van der Waals surface area contributed by atoms with Gasteiger partial charge in [-0.2, -0.15) is 0 Å². The molecule has 1 N–H and O–H groups in total. The Balaban J connectivity index is -0.000000218. The zero-order valence-corrected chi connectivity index (χ0v) is 9.94. The van der Waals surface area contributed by atoms with Crippen LogP contribution in [0.1, 0.15) is 47.5 Å². The third kappa shape index (κ3) is 24.6. The molecule has 3 nitrogen and oxygen atoms in total. The van der Waals surface area contributed by atoms with Gasteiger partial charge >= 0.3 is 6.09 Å². The van der Waals surface area contributed by atoms with E-state index in [2.05, 4.69) is 17.0 Å². The van der Waals surface area contributed by atoms with E-state index in [1.165, 1.54) is 7.11 Å². The summed E-state index contributed by atoms with van der Waals surface area (Å²) in [6.07, 6.45) is 1.75. The fourth-order valence-electron chi connectivity index (χ4n) is 0.439. The predicted octanol–water partition coefficient (Wildman–Crippen LogP) is 3.19. The molecule has 0 fully saturated rings. The molecule has 0 aliphatic heterocycles. The van der Waals surface area contributed by atoms with Gasteiger partial charge < -0.3 is 10.1 Å². The zero-order chi connectivity index (χ0) is 11.1. The molecule has 0 atom stereocenters. The number of hydrogen-bond acceptors (Lipinski definition) is 2. The molecule has 0 rings (SSSR count). The van der Waals surface area contributed by atoms with Crippen LogP contribution < -0.4 is 5.32 Å². The molecule has 0 aromatic rings. The van der Waals surface area contributed by atoms with Crippen molar-refractivity contribution in [3.05, 3.63) is 0 Å². The van der Waals surface area contributed by atoms with Crippen LogP contribution in [0.3, 0.4) is 0 Å². The van der Waals surface area contributed by atoms with Gasteiger partial charge in [-0.15, -0.1) is 0 Å². The standard InChI is InChI=1S/C6H13NO2.2C2H6/c1-3-4-5-7-6(8)9-2;2*1-2/h3-5H2,1-2H3,(H,7,8);2*1-2H3. The van der Waals surface area contributed by atoms with Crippen molar-refractivity contribution < 1.29 is 9.53 Å². The molecule has 82 valence electrons. The number of carbonyl (C=O) groups excluding carboxylic acids is 1. The van der Waals surface area contributed by atoms with Crippen LogP contribution in [0.4, 0.5) is 4.79 Å². The first-order chi connectivity index (χ1) is 6.31. The largest absolute Gasteiger partial charge is 0.453 e. The fraction of sp³-hybridized carbons (Fsp3) is 0.900. The first kappa shape index (κ1) is 18.1. The molecule has 0 aromatic carbocycles. The van der Waals surface area contributed by atoms with Gasteiger partial charge in [0.15, 0.2) is 0 Å². The van der Waals surface area contributed by atoms with Gasteiger partial charge in [-0.3, -0.25) is 0 Å². The second-order valence-corrected chi connectivity index (χ2v) is 1.77. The van der Waals surface area contributed by atoms with E-state index in [9.17, 15) is 4.79 Å². The maximum absolute atomic E-state index is 10.4. The van der Waals surface area contributed by atoms with Gasteiger partial charge in [-0.25, -0.2) is 4.79 Å². The van der Waals surface area contributed by atoms with E-state index in [1.807, 2.05) is 27.7 Å². The van der Waals surface area contributed by atoms with Gasteiger partial charge in [0.2, 0.25) is 0 Å². The molecule has 0 saturated carbocycles. The van der Waals surface area contributed by atoms with Crippen LogP contribution in [0.5, 0.6) is 0 Å². The van der Waals surface area contributed by atoms with Crippen molar-refractivity contribution in [3.63, 3.8) is 0 Å². The van der Waals surface area contributed by atoms with Crippen molar-refractivity contribution in [1.82, 2.24) is 5.32 Å². The van der Waals surface area contributed by atoms with Gasteiger partial charge in [-0.05, 0) is 6.42 Å². The molecule has 3 heteroatoms. The topological polar surface area (TPSA) is 38.3 Å². The Morgan fingerprint density at radius 3 is 2.00 bits per heavy atom. The number of methoxy groups -OCH3 is 1. The number of alkyl carbamates (subject to hydrolysis) is 1. The summed E-state index contributed by atoms with van der Waals surface area (Å²) in [5.74, 6) is 0. The highest BCUT2D eigenvalue weighted by Crippen LogP contribution is 1.82. The molecule has 13 heavy (non-hydrogen) atoms. The quantitative estimate of drug-likeness (QED) is 0.696. The van der Waals surface area contributed by atoms with Crippen LogP contribution in [0.15, 0.2) is 0 Å². The second kappa shape index (κ2) is 22.5. The van der Waals surface area contributed by atoms with Crippen molar-refractivity contribution in [2.24, 2.45) is 0 Å². The number of nitrogens with one attached hydrogen (secondary N) is 1. The van der Waals surface area contributed by atoms with Gasteiger partial charge in [0, 0.05) is 6.54 Å². The number of rotatable bonds is 3. The zero-order valence-electron chi connectivity index (χ0n) is 9.94. The summed E-state index contributed by atoms with van der Waals surface area (Å²) in [7, 11) is 1.36. The lowest BCUT2D eigenvalue weighted by Gasteiger charge is -1.99. The molecule has 0 heterocycles. The predicted molar refractivity (Wildman–Crippen MR) is 58.0 cm³/mol. The van der Waals surface area contributed by atoms with Crippen LogP contribution in [-0.4, -0.2) is 19.7 Å². The van der Waals surface area contributed by atoms with E-state index in [0.29, 0.717) is 6.54 Å². The molecule has 0 bridgehead atoms. The monoisotopic (exact) mass is 191 g/mol. The average Bonchev–Trinajstić information content (AvgIpc) is 2.24. The third-order valence-electron chi connectivity index (χ3n) is 0.985. The van der Waals surface area contributed by atoms with Gasteiger partial charge in [0.25, 0.3) is 0 Å². The Hall–Kier alpha value is -0.730. The van der Waals surface area contributed by atoms with E-state index < -0.39 is 0 Å². The van der Waals surface area contributed by atoms with Crippen LogP contribution in [0, 0.1) is 0 Å². The Labute approximate surface area is 82.9 Å². The van der Waals surface area contributed by atoms with Crippen LogP contribution in [-0.2, 0) is 4.74 Å². The first-order valence-electron chi connectivity index (χ1n) is 5.13. The summed E-state index contributed by atoms with van der Waals surface area (Å²) in [5.41, 5.74) is 0.